The van der Waals surface area contributed by atoms with Gasteiger partial charge in [-0.15, -0.1) is 12.4 Å². The number of halogens is 4. The van der Waals surface area contributed by atoms with Crippen molar-refractivity contribution in [2.75, 3.05) is 6.54 Å². The van der Waals surface area contributed by atoms with Gasteiger partial charge in [-0.2, -0.15) is 13.2 Å². The van der Waals surface area contributed by atoms with Gasteiger partial charge in [-0.25, -0.2) is 0 Å². The Morgan fingerprint density at radius 3 is 2.61 bits per heavy atom. The maximum atomic E-state index is 12.7. The first-order valence-corrected chi connectivity index (χ1v) is 7.47. The van der Waals surface area contributed by atoms with Gasteiger partial charge in [0.15, 0.2) is 0 Å². The molecule has 0 aromatic heterocycles. The molecule has 0 saturated heterocycles. The third-order valence-corrected chi connectivity index (χ3v) is 4.04. The van der Waals surface area contributed by atoms with Crippen molar-refractivity contribution in [2.45, 2.75) is 44.3 Å². The van der Waals surface area contributed by atoms with Crippen molar-refractivity contribution in [2.24, 2.45) is 11.7 Å². The molecule has 0 bridgehead atoms. The molecule has 3 nitrogen and oxygen atoms in total. The fraction of sp³-hybridized carbons (Fsp3) is 0.562. The van der Waals surface area contributed by atoms with Gasteiger partial charge < -0.3 is 11.1 Å². The van der Waals surface area contributed by atoms with Crippen LogP contribution < -0.4 is 11.1 Å². The number of benzene rings is 1. The van der Waals surface area contributed by atoms with Gasteiger partial charge in [0.05, 0.1) is 5.56 Å². The second-order valence-electron chi connectivity index (χ2n) is 6.03. The van der Waals surface area contributed by atoms with Gasteiger partial charge in [0, 0.05) is 19.0 Å². The van der Waals surface area contributed by atoms with Crippen LogP contribution in [0.25, 0.3) is 0 Å². The van der Waals surface area contributed by atoms with Crippen molar-refractivity contribution < 1.29 is 18.0 Å². The minimum atomic E-state index is -4.37. The molecule has 0 radical (unpaired) electrons. The topological polar surface area (TPSA) is 55.1 Å². The molecule has 130 valence electrons. The summed E-state index contributed by atoms with van der Waals surface area (Å²) in [7, 11) is 0. The van der Waals surface area contributed by atoms with Crippen LogP contribution in [0.4, 0.5) is 13.2 Å². The van der Waals surface area contributed by atoms with Gasteiger partial charge in [-0.1, -0.05) is 25.1 Å². The van der Waals surface area contributed by atoms with Gasteiger partial charge >= 0.3 is 6.18 Å². The summed E-state index contributed by atoms with van der Waals surface area (Å²) in [6.07, 6.45) is -2.00. The van der Waals surface area contributed by atoms with Crippen molar-refractivity contribution in [3.05, 3.63) is 35.4 Å². The van der Waals surface area contributed by atoms with E-state index in [1.807, 2.05) is 0 Å². The Kier molecular flexibility index (Phi) is 6.89. The van der Waals surface area contributed by atoms with Crippen LogP contribution in [0.2, 0.25) is 0 Å². The molecule has 1 aromatic carbocycles. The number of rotatable bonds is 6. The summed E-state index contributed by atoms with van der Waals surface area (Å²) in [6.45, 7) is 2.18. The summed E-state index contributed by atoms with van der Waals surface area (Å²) >= 11 is 0. The molecular formula is C16H22ClF3N2O. The lowest BCUT2D eigenvalue weighted by Gasteiger charge is -2.16. The highest BCUT2D eigenvalue weighted by Gasteiger charge is 2.31. The van der Waals surface area contributed by atoms with Crippen LogP contribution in [0.5, 0.6) is 0 Å². The second-order valence-corrected chi connectivity index (χ2v) is 6.03. The van der Waals surface area contributed by atoms with E-state index in [0.29, 0.717) is 18.0 Å². The fourth-order valence-corrected chi connectivity index (χ4v) is 2.41. The molecule has 23 heavy (non-hydrogen) atoms. The Balaban J connectivity index is 0.00000264. The summed E-state index contributed by atoms with van der Waals surface area (Å²) in [4.78, 5) is 11.9. The van der Waals surface area contributed by atoms with E-state index in [9.17, 15) is 18.0 Å². The molecule has 1 amide bonds. The Hall–Kier alpha value is -1.27. The first-order valence-electron chi connectivity index (χ1n) is 7.47. The Labute approximate surface area is 140 Å². The van der Waals surface area contributed by atoms with Crippen molar-refractivity contribution in [1.29, 1.82) is 0 Å². The summed E-state index contributed by atoms with van der Waals surface area (Å²) in [5.74, 6) is 0.0432. The van der Waals surface area contributed by atoms with E-state index >= 15 is 0 Å². The number of hydrogen-bond donors (Lipinski definition) is 2. The highest BCUT2D eigenvalue weighted by molar-refractivity contribution is 5.85. The molecule has 1 fully saturated rings. The van der Waals surface area contributed by atoms with E-state index in [2.05, 4.69) is 5.32 Å². The first kappa shape index (κ1) is 19.8. The molecule has 3 N–H and O–H groups in total. The minimum absolute atomic E-state index is 0. The Morgan fingerprint density at radius 1 is 1.39 bits per heavy atom. The smallest absolute Gasteiger partial charge is 0.355 e. The van der Waals surface area contributed by atoms with Crippen LogP contribution in [0.3, 0.4) is 0 Å². The molecule has 2 atom stereocenters. The van der Waals surface area contributed by atoms with Gasteiger partial charge in [-0.05, 0) is 36.3 Å². The van der Waals surface area contributed by atoms with Gasteiger partial charge in [-0.3, -0.25) is 4.79 Å². The monoisotopic (exact) mass is 350 g/mol. The lowest BCUT2D eigenvalue weighted by Crippen LogP contribution is -2.38. The predicted molar refractivity (Wildman–Crippen MR) is 85.4 cm³/mol. The van der Waals surface area contributed by atoms with Gasteiger partial charge in [0.25, 0.3) is 0 Å². The van der Waals surface area contributed by atoms with E-state index in [1.54, 1.807) is 13.0 Å². The molecule has 2 rings (SSSR count). The lowest BCUT2D eigenvalue weighted by atomic mass is 9.95. The van der Waals surface area contributed by atoms with Crippen molar-refractivity contribution >= 4 is 18.3 Å². The SMILES string of the molecule is CC(CC(=O)NCC(N)C1CC1)c1cccc(C(F)(F)F)c1.Cl. The van der Waals surface area contributed by atoms with Crippen molar-refractivity contribution in [3.63, 3.8) is 0 Å². The first-order chi connectivity index (χ1) is 10.3. The summed E-state index contributed by atoms with van der Waals surface area (Å²) in [5, 5.41) is 2.76. The van der Waals surface area contributed by atoms with Crippen molar-refractivity contribution in [3.8, 4) is 0 Å². The molecule has 7 heteroatoms. The zero-order valence-corrected chi connectivity index (χ0v) is 13.7. The summed E-state index contributed by atoms with van der Waals surface area (Å²) < 4.78 is 38.1. The van der Waals surface area contributed by atoms with Gasteiger partial charge in [0.2, 0.25) is 5.91 Å². The molecule has 1 aromatic rings. The number of nitrogens with one attached hydrogen (secondary N) is 1. The largest absolute Gasteiger partial charge is 0.416 e. The zero-order valence-electron chi connectivity index (χ0n) is 12.9. The van der Waals surface area contributed by atoms with Crippen LogP contribution in [0.15, 0.2) is 24.3 Å². The van der Waals surface area contributed by atoms with E-state index in [4.69, 9.17) is 5.73 Å². The summed E-state index contributed by atoms with van der Waals surface area (Å²) in [6, 6.07) is 5.10. The maximum absolute atomic E-state index is 12.7. The molecule has 0 spiro atoms. The van der Waals surface area contributed by atoms with E-state index in [1.165, 1.54) is 6.07 Å². The van der Waals surface area contributed by atoms with E-state index in [0.717, 1.165) is 25.0 Å². The Morgan fingerprint density at radius 2 is 2.04 bits per heavy atom. The highest BCUT2D eigenvalue weighted by Crippen LogP contribution is 2.32. The van der Waals surface area contributed by atoms with Crippen LogP contribution in [-0.4, -0.2) is 18.5 Å². The number of carbonyl (C=O) groups is 1. The maximum Gasteiger partial charge on any atom is 0.416 e. The number of alkyl halides is 3. The van der Waals surface area contributed by atoms with Crippen LogP contribution in [0.1, 0.15) is 43.2 Å². The average molecular weight is 351 g/mol. The molecule has 0 heterocycles. The second kappa shape index (κ2) is 8.02. The number of amides is 1. The van der Waals surface area contributed by atoms with Crippen LogP contribution >= 0.6 is 12.4 Å². The minimum Gasteiger partial charge on any atom is -0.355 e. The van der Waals surface area contributed by atoms with Crippen LogP contribution in [0, 0.1) is 5.92 Å². The zero-order chi connectivity index (χ0) is 16.3. The fourth-order valence-electron chi connectivity index (χ4n) is 2.41. The number of hydrogen-bond acceptors (Lipinski definition) is 2. The Bertz CT molecular complexity index is 532. The van der Waals surface area contributed by atoms with Gasteiger partial charge in [0.1, 0.15) is 0 Å². The number of carbonyl (C=O) groups excluding carboxylic acids is 1. The third kappa shape index (κ3) is 6.03. The lowest BCUT2D eigenvalue weighted by molar-refractivity contribution is -0.137. The standard InChI is InChI=1S/C16H21F3N2O.ClH/c1-10(7-15(22)21-9-14(20)11-5-6-11)12-3-2-4-13(8-12)16(17,18)19;/h2-4,8,10-11,14H,5-7,9,20H2,1H3,(H,21,22);1H. The summed E-state index contributed by atoms with van der Waals surface area (Å²) in [5.41, 5.74) is 5.72. The molecule has 2 unspecified atom stereocenters. The normalized spacial score (nSPS) is 17.1. The molecule has 1 saturated carbocycles. The molecule has 0 aliphatic heterocycles. The van der Waals surface area contributed by atoms with E-state index < -0.39 is 11.7 Å². The molecular weight excluding hydrogens is 329 g/mol. The highest BCUT2D eigenvalue weighted by atomic mass is 35.5. The number of nitrogens with two attached hydrogens (primary N) is 1. The predicted octanol–water partition coefficient (Wildman–Crippen LogP) is 3.47. The third-order valence-electron chi connectivity index (χ3n) is 4.04. The average Bonchev–Trinajstić information content (AvgIpc) is 3.28. The molecule has 1 aliphatic carbocycles. The van der Waals surface area contributed by atoms with Crippen molar-refractivity contribution in [1.82, 2.24) is 5.32 Å². The van der Waals surface area contributed by atoms with E-state index in [-0.39, 0.29) is 36.7 Å². The quantitative estimate of drug-likeness (QED) is 0.825. The molecule has 1 aliphatic rings. The van der Waals surface area contributed by atoms with Crippen LogP contribution in [-0.2, 0) is 11.0 Å².